The standard InChI is InChI=1S/C24H26N6O5/c1-29(23(32)25-13-15-7-4-3-5-8-15)21-16-11-18(20(35-2)12-17(16)26-14-27-21)28-22(31)19-9-6-10-30(19)24(33)34/h3-5,7-8,11-12,14,19H,6,9-10,13H2,1-2H3,(H,25,32)(H,28,31)(H,33,34)/p-1. The van der Waals surface area contributed by atoms with Gasteiger partial charge in [0.1, 0.15) is 30.0 Å². The molecule has 4 amide bonds. The normalized spacial score (nSPS) is 15.0. The van der Waals surface area contributed by atoms with Gasteiger partial charge in [-0.25, -0.2) is 14.8 Å². The van der Waals surface area contributed by atoms with Crippen LogP contribution in [0, 0.1) is 0 Å². The van der Waals surface area contributed by atoms with E-state index >= 15 is 0 Å². The summed E-state index contributed by atoms with van der Waals surface area (Å²) >= 11 is 0. The van der Waals surface area contributed by atoms with Crippen molar-refractivity contribution >= 4 is 40.4 Å². The van der Waals surface area contributed by atoms with Crippen molar-refractivity contribution in [2.24, 2.45) is 0 Å². The van der Waals surface area contributed by atoms with Gasteiger partial charge in [-0.1, -0.05) is 30.3 Å². The third kappa shape index (κ3) is 5.08. The molecule has 35 heavy (non-hydrogen) atoms. The molecule has 3 aromatic rings. The van der Waals surface area contributed by atoms with Crippen LogP contribution in [0.2, 0.25) is 0 Å². The molecule has 1 fully saturated rings. The molecule has 4 rings (SSSR count). The zero-order valence-electron chi connectivity index (χ0n) is 19.4. The number of nitrogens with zero attached hydrogens (tertiary/aromatic N) is 4. The predicted octanol–water partition coefficient (Wildman–Crippen LogP) is 1.73. The number of methoxy groups -OCH3 is 1. The quantitative estimate of drug-likeness (QED) is 0.551. The summed E-state index contributed by atoms with van der Waals surface area (Å²) in [7, 11) is 3.03. The largest absolute Gasteiger partial charge is 0.530 e. The number of aromatic nitrogens is 2. The van der Waals surface area contributed by atoms with E-state index in [1.54, 1.807) is 19.2 Å². The Morgan fingerprint density at radius 3 is 2.69 bits per heavy atom. The maximum atomic E-state index is 12.9. The molecule has 11 nitrogen and oxygen atoms in total. The Bertz CT molecular complexity index is 1250. The first-order valence-electron chi connectivity index (χ1n) is 11.1. The van der Waals surface area contributed by atoms with Crippen molar-refractivity contribution in [3.05, 3.63) is 54.4 Å². The second kappa shape index (κ2) is 10.2. The number of likely N-dealkylation sites (tertiary alicyclic amines) is 1. The smallest absolute Gasteiger partial charge is 0.323 e. The van der Waals surface area contributed by atoms with Gasteiger partial charge in [-0.2, -0.15) is 0 Å². The van der Waals surface area contributed by atoms with Crippen molar-refractivity contribution in [3.8, 4) is 5.75 Å². The fourth-order valence-electron chi connectivity index (χ4n) is 4.07. The maximum Gasteiger partial charge on any atom is 0.323 e. The Balaban J connectivity index is 1.60. The average Bonchev–Trinajstić information content (AvgIpc) is 3.37. The highest BCUT2D eigenvalue weighted by Gasteiger charge is 2.31. The lowest BCUT2D eigenvalue weighted by Crippen LogP contribution is -2.48. The van der Waals surface area contributed by atoms with Gasteiger partial charge >= 0.3 is 6.03 Å². The summed E-state index contributed by atoms with van der Waals surface area (Å²) in [6, 6.07) is 11.5. The zero-order valence-corrected chi connectivity index (χ0v) is 19.4. The highest BCUT2D eigenvalue weighted by Crippen LogP contribution is 2.33. The molecule has 2 aromatic carbocycles. The Hall–Kier alpha value is -4.41. The SMILES string of the molecule is COc1cc2ncnc(N(C)C(=O)NCc3ccccc3)c2cc1NC(=O)C1CCCN1C(=O)[O-]. The van der Waals surface area contributed by atoms with E-state index in [-0.39, 0.29) is 12.6 Å². The van der Waals surface area contributed by atoms with Gasteiger partial charge in [0, 0.05) is 31.6 Å². The van der Waals surface area contributed by atoms with E-state index in [2.05, 4.69) is 20.6 Å². The molecule has 1 aromatic heterocycles. The molecule has 0 saturated carbocycles. The molecule has 1 atom stereocenters. The number of urea groups is 1. The van der Waals surface area contributed by atoms with Crippen molar-refractivity contribution in [3.63, 3.8) is 0 Å². The Morgan fingerprint density at radius 2 is 1.97 bits per heavy atom. The number of carbonyl (C=O) groups excluding carboxylic acids is 3. The lowest BCUT2D eigenvalue weighted by atomic mass is 10.1. The Labute approximate surface area is 201 Å². The highest BCUT2D eigenvalue weighted by atomic mass is 16.5. The van der Waals surface area contributed by atoms with E-state index in [1.807, 2.05) is 30.3 Å². The van der Waals surface area contributed by atoms with Gasteiger partial charge in [-0.3, -0.25) is 9.69 Å². The summed E-state index contributed by atoms with van der Waals surface area (Å²) in [5.74, 6) is 0.178. The number of rotatable bonds is 6. The topological polar surface area (TPSA) is 140 Å². The summed E-state index contributed by atoms with van der Waals surface area (Å²) in [6.07, 6.45) is 0.926. The minimum Gasteiger partial charge on any atom is -0.530 e. The van der Waals surface area contributed by atoms with Crippen molar-refractivity contribution < 1.29 is 24.2 Å². The van der Waals surface area contributed by atoms with Crippen LogP contribution in [-0.2, 0) is 11.3 Å². The monoisotopic (exact) mass is 477 g/mol. The van der Waals surface area contributed by atoms with Gasteiger partial charge in [0.25, 0.3) is 0 Å². The second-order valence-corrected chi connectivity index (χ2v) is 8.08. The molecule has 2 heterocycles. The number of carboxylic acid groups (broad SMARTS) is 1. The molecule has 1 unspecified atom stereocenters. The molecular formula is C24H25N6O5-. The summed E-state index contributed by atoms with van der Waals surface area (Å²) in [6.45, 7) is 0.592. The van der Waals surface area contributed by atoms with E-state index in [9.17, 15) is 19.5 Å². The van der Waals surface area contributed by atoms with Gasteiger partial charge in [0.05, 0.1) is 18.3 Å². The molecule has 1 aliphatic heterocycles. The molecule has 1 saturated heterocycles. The molecule has 0 aliphatic carbocycles. The van der Waals surface area contributed by atoms with Crippen LogP contribution < -0.4 is 25.4 Å². The number of benzene rings is 2. The summed E-state index contributed by atoms with van der Waals surface area (Å²) in [5, 5.41) is 17.4. The fraction of sp³-hybridized carbons (Fsp3) is 0.292. The highest BCUT2D eigenvalue weighted by molar-refractivity contribution is 6.04. The Kier molecular flexibility index (Phi) is 6.95. The van der Waals surface area contributed by atoms with Gasteiger partial charge < -0.3 is 30.2 Å². The van der Waals surface area contributed by atoms with E-state index in [0.29, 0.717) is 47.5 Å². The minimum atomic E-state index is -1.38. The lowest BCUT2D eigenvalue weighted by Gasteiger charge is -2.26. The number of fused-ring (bicyclic) bond motifs is 1. The molecule has 182 valence electrons. The fourth-order valence-corrected chi connectivity index (χ4v) is 4.07. The van der Waals surface area contributed by atoms with Crippen molar-refractivity contribution in [1.82, 2.24) is 20.2 Å². The van der Waals surface area contributed by atoms with Crippen molar-refractivity contribution in [2.75, 3.05) is 30.9 Å². The van der Waals surface area contributed by atoms with Gasteiger partial charge in [-0.05, 0) is 24.5 Å². The summed E-state index contributed by atoms with van der Waals surface area (Å²) < 4.78 is 5.42. The lowest BCUT2D eigenvalue weighted by molar-refractivity contribution is -0.266. The number of carbonyl (C=O) groups is 3. The van der Waals surface area contributed by atoms with Crippen LogP contribution in [0.4, 0.5) is 21.1 Å². The number of ether oxygens (including phenoxy) is 1. The van der Waals surface area contributed by atoms with Crippen LogP contribution >= 0.6 is 0 Å². The first kappa shape index (κ1) is 23.7. The van der Waals surface area contributed by atoms with Gasteiger partial charge in [0.15, 0.2) is 0 Å². The zero-order chi connectivity index (χ0) is 24.9. The van der Waals surface area contributed by atoms with Crippen LogP contribution in [0.15, 0.2) is 48.8 Å². The summed E-state index contributed by atoms with van der Waals surface area (Å²) in [5.41, 5.74) is 1.77. The maximum absolute atomic E-state index is 12.9. The van der Waals surface area contributed by atoms with Crippen molar-refractivity contribution in [2.45, 2.75) is 25.4 Å². The van der Waals surface area contributed by atoms with Crippen LogP contribution in [0.3, 0.4) is 0 Å². The molecule has 11 heteroatoms. The molecule has 1 aliphatic rings. The van der Waals surface area contributed by atoms with Gasteiger partial charge in [0.2, 0.25) is 5.91 Å². The van der Waals surface area contributed by atoms with Crippen LogP contribution in [0.25, 0.3) is 10.9 Å². The first-order chi connectivity index (χ1) is 16.9. The van der Waals surface area contributed by atoms with Crippen LogP contribution in [0.5, 0.6) is 5.75 Å². The van der Waals surface area contributed by atoms with E-state index < -0.39 is 18.0 Å². The average molecular weight is 478 g/mol. The third-order valence-corrected chi connectivity index (χ3v) is 5.89. The summed E-state index contributed by atoms with van der Waals surface area (Å²) in [4.78, 5) is 47.9. The minimum absolute atomic E-state index is 0.246. The molecular weight excluding hydrogens is 452 g/mol. The molecule has 0 radical (unpaired) electrons. The predicted molar refractivity (Wildman–Crippen MR) is 127 cm³/mol. The van der Waals surface area contributed by atoms with E-state index in [0.717, 1.165) is 10.5 Å². The second-order valence-electron chi connectivity index (χ2n) is 8.08. The number of nitrogens with one attached hydrogen (secondary N) is 2. The Morgan fingerprint density at radius 1 is 1.20 bits per heavy atom. The van der Waals surface area contributed by atoms with Crippen LogP contribution in [-0.4, -0.2) is 59.6 Å². The third-order valence-electron chi connectivity index (χ3n) is 5.89. The molecule has 0 bridgehead atoms. The van der Waals surface area contributed by atoms with Crippen molar-refractivity contribution in [1.29, 1.82) is 0 Å². The van der Waals surface area contributed by atoms with E-state index in [4.69, 9.17) is 4.74 Å². The number of hydrogen-bond donors (Lipinski definition) is 2. The molecule has 2 N–H and O–H groups in total. The van der Waals surface area contributed by atoms with Crippen LogP contribution in [0.1, 0.15) is 18.4 Å². The first-order valence-corrected chi connectivity index (χ1v) is 11.1. The number of hydrogen-bond acceptors (Lipinski definition) is 7. The number of anilines is 2. The van der Waals surface area contributed by atoms with E-state index in [1.165, 1.54) is 18.3 Å². The van der Waals surface area contributed by atoms with Gasteiger partial charge in [-0.15, -0.1) is 0 Å². The molecule has 0 spiro atoms. The number of amides is 4.